The highest BCUT2D eigenvalue weighted by Gasteiger charge is 2.21. The Morgan fingerprint density at radius 2 is 1.37 bits per heavy atom. The van der Waals surface area contributed by atoms with Crippen molar-refractivity contribution in [3.63, 3.8) is 0 Å². The SMILES string of the molecule is CCN(CC)CCC(C)(C)CC(C)=CCC(C)(C)CC(C)=CCCC(C)=O. The van der Waals surface area contributed by atoms with Crippen LogP contribution in [0.25, 0.3) is 0 Å². The third kappa shape index (κ3) is 13.9. The fraction of sp³-hybridized carbons (Fsp3) is 0.800. The van der Waals surface area contributed by atoms with Crippen molar-refractivity contribution < 1.29 is 4.79 Å². The van der Waals surface area contributed by atoms with Crippen LogP contribution in [0, 0.1) is 10.8 Å². The minimum absolute atomic E-state index is 0.267. The summed E-state index contributed by atoms with van der Waals surface area (Å²) in [5.74, 6) is 0.278. The Morgan fingerprint density at radius 1 is 0.852 bits per heavy atom. The lowest BCUT2D eigenvalue weighted by Gasteiger charge is -2.29. The topological polar surface area (TPSA) is 20.3 Å². The molecule has 0 aromatic carbocycles. The number of hydrogen-bond donors (Lipinski definition) is 0. The second-order valence-electron chi connectivity index (χ2n) is 10.0. The van der Waals surface area contributed by atoms with Crippen molar-refractivity contribution in [2.75, 3.05) is 19.6 Å². The zero-order valence-corrected chi connectivity index (χ0v) is 19.9. The number of Topliss-reactive ketones (excluding diaryl/α,β-unsaturated/α-hetero) is 1. The predicted octanol–water partition coefficient (Wildman–Crippen LogP) is 7.20. The number of hydrogen-bond acceptors (Lipinski definition) is 2. The molecule has 0 rings (SSSR count). The van der Waals surface area contributed by atoms with Crippen LogP contribution in [0.1, 0.15) is 101 Å². The van der Waals surface area contributed by atoms with Gasteiger partial charge in [-0.2, -0.15) is 0 Å². The van der Waals surface area contributed by atoms with Gasteiger partial charge in [0.2, 0.25) is 0 Å². The molecule has 0 aromatic rings. The molecule has 0 fully saturated rings. The molecule has 0 N–H and O–H groups in total. The number of nitrogens with zero attached hydrogens (tertiary/aromatic N) is 1. The van der Waals surface area contributed by atoms with Crippen LogP contribution in [0.15, 0.2) is 23.3 Å². The molecule has 0 bridgehead atoms. The minimum atomic E-state index is 0.267. The van der Waals surface area contributed by atoms with Crippen LogP contribution in [0.4, 0.5) is 0 Å². The van der Waals surface area contributed by atoms with E-state index in [4.69, 9.17) is 0 Å². The fourth-order valence-corrected chi connectivity index (χ4v) is 3.79. The molecule has 0 unspecified atom stereocenters. The molecule has 0 atom stereocenters. The van der Waals surface area contributed by atoms with Gasteiger partial charge < -0.3 is 9.69 Å². The van der Waals surface area contributed by atoms with Gasteiger partial charge in [0.15, 0.2) is 0 Å². The third-order valence-electron chi connectivity index (χ3n) is 5.51. The maximum absolute atomic E-state index is 11.1. The summed E-state index contributed by atoms with van der Waals surface area (Å²) in [7, 11) is 0. The number of carbonyl (C=O) groups excluding carboxylic acids is 1. The molecule has 0 saturated carbocycles. The van der Waals surface area contributed by atoms with E-state index < -0.39 is 0 Å². The minimum Gasteiger partial charge on any atom is -0.304 e. The van der Waals surface area contributed by atoms with E-state index in [2.05, 4.69) is 72.4 Å². The van der Waals surface area contributed by atoms with Gasteiger partial charge in [-0.1, -0.05) is 64.8 Å². The van der Waals surface area contributed by atoms with E-state index in [-0.39, 0.29) is 11.2 Å². The molecule has 0 aliphatic heterocycles. The summed E-state index contributed by atoms with van der Waals surface area (Å²) in [5, 5.41) is 0. The summed E-state index contributed by atoms with van der Waals surface area (Å²) >= 11 is 0. The monoisotopic (exact) mass is 377 g/mol. The number of allylic oxidation sites excluding steroid dienone is 4. The Balaban J connectivity index is 4.56. The molecule has 0 saturated heterocycles. The number of rotatable bonds is 14. The van der Waals surface area contributed by atoms with E-state index in [1.54, 1.807) is 6.92 Å². The van der Waals surface area contributed by atoms with Crippen molar-refractivity contribution >= 4 is 5.78 Å². The van der Waals surface area contributed by atoms with Crippen molar-refractivity contribution in [3.8, 4) is 0 Å². The van der Waals surface area contributed by atoms with Crippen LogP contribution in [0.5, 0.6) is 0 Å². The van der Waals surface area contributed by atoms with Crippen molar-refractivity contribution in [2.24, 2.45) is 10.8 Å². The van der Waals surface area contributed by atoms with Crippen molar-refractivity contribution in [2.45, 2.75) is 101 Å². The summed E-state index contributed by atoms with van der Waals surface area (Å²) in [6.45, 7) is 23.7. The first-order chi connectivity index (χ1) is 12.4. The van der Waals surface area contributed by atoms with Gasteiger partial charge >= 0.3 is 0 Å². The number of carbonyl (C=O) groups is 1. The quantitative estimate of drug-likeness (QED) is 0.298. The van der Waals surface area contributed by atoms with Gasteiger partial charge in [-0.25, -0.2) is 0 Å². The maximum Gasteiger partial charge on any atom is 0.130 e. The van der Waals surface area contributed by atoms with E-state index in [1.807, 2.05) is 0 Å². The first-order valence-corrected chi connectivity index (χ1v) is 10.9. The summed E-state index contributed by atoms with van der Waals surface area (Å²) in [5.41, 5.74) is 3.55. The average molecular weight is 378 g/mol. The van der Waals surface area contributed by atoms with Gasteiger partial charge in [-0.15, -0.1) is 0 Å². The zero-order valence-electron chi connectivity index (χ0n) is 19.9. The third-order valence-corrected chi connectivity index (χ3v) is 5.51. The molecule has 0 aromatic heterocycles. The van der Waals surface area contributed by atoms with Crippen molar-refractivity contribution in [3.05, 3.63) is 23.3 Å². The molecule has 0 spiro atoms. The average Bonchev–Trinajstić information content (AvgIpc) is 2.52. The second-order valence-corrected chi connectivity index (χ2v) is 10.0. The second kappa shape index (κ2) is 12.5. The van der Waals surface area contributed by atoms with E-state index >= 15 is 0 Å². The molecular weight excluding hydrogens is 330 g/mol. The van der Waals surface area contributed by atoms with Gasteiger partial charge in [-0.05, 0) is 83.3 Å². The molecule has 0 heterocycles. The lowest BCUT2D eigenvalue weighted by atomic mass is 9.79. The van der Waals surface area contributed by atoms with Crippen LogP contribution in [-0.4, -0.2) is 30.3 Å². The lowest BCUT2D eigenvalue weighted by molar-refractivity contribution is -0.116. The highest BCUT2D eigenvalue weighted by atomic mass is 16.1. The standard InChI is InChI=1S/C25H47NO/c1-10-26(11-2)18-17-25(8,9)20-22(4)15-16-24(6,7)19-21(3)13-12-14-23(5)27/h13,15H,10-12,14,16-20H2,1-9H3. The zero-order chi connectivity index (χ0) is 21.1. The highest BCUT2D eigenvalue weighted by molar-refractivity contribution is 5.75. The number of ketones is 1. The molecule has 0 radical (unpaired) electrons. The summed E-state index contributed by atoms with van der Waals surface area (Å²) in [6.07, 6.45) is 10.9. The van der Waals surface area contributed by atoms with Gasteiger partial charge in [0, 0.05) is 6.42 Å². The first-order valence-electron chi connectivity index (χ1n) is 10.9. The van der Waals surface area contributed by atoms with E-state index in [0.29, 0.717) is 11.8 Å². The van der Waals surface area contributed by atoms with Gasteiger partial charge in [0.1, 0.15) is 5.78 Å². The Kier molecular flexibility index (Phi) is 12.1. The summed E-state index contributed by atoms with van der Waals surface area (Å²) in [6, 6.07) is 0. The van der Waals surface area contributed by atoms with E-state index in [0.717, 1.165) is 32.4 Å². The molecule has 2 heteroatoms. The van der Waals surface area contributed by atoms with E-state index in [9.17, 15) is 4.79 Å². The first kappa shape index (κ1) is 26.1. The predicted molar refractivity (Wildman–Crippen MR) is 121 cm³/mol. The summed E-state index contributed by atoms with van der Waals surface area (Å²) in [4.78, 5) is 13.6. The highest BCUT2D eigenvalue weighted by Crippen LogP contribution is 2.33. The molecule has 0 aliphatic carbocycles. The Labute approximate surface area is 170 Å². The molecule has 158 valence electrons. The largest absolute Gasteiger partial charge is 0.304 e. The smallest absolute Gasteiger partial charge is 0.130 e. The van der Waals surface area contributed by atoms with E-state index in [1.165, 1.54) is 30.5 Å². The Hall–Kier alpha value is -0.890. The van der Waals surface area contributed by atoms with Crippen LogP contribution in [0.2, 0.25) is 0 Å². The Morgan fingerprint density at radius 3 is 1.89 bits per heavy atom. The summed E-state index contributed by atoms with van der Waals surface area (Å²) < 4.78 is 0. The van der Waals surface area contributed by atoms with Crippen LogP contribution >= 0.6 is 0 Å². The van der Waals surface area contributed by atoms with Crippen molar-refractivity contribution in [1.29, 1.82) is 0 Å². The molecule has 0 amide bonds. The molecule has 0 aliphatic rings. The lowest BCUT2D eigenvalue weighted by Crippen LogP contribution is -2.28. The fourth-order valence-electron chi connectivity index (χ4n) is 3.79. The van der Waals surface area contributed by atoms with Crippen LogP contribution in [-0.2, 0) is 4.79 Å². The normalized spacial score (nSPS) is 14.1. The van der Waals surface area contributed by atoms with Crippen LogP contribution < -0.4 is 0 Å². The van der Waals surface area contributed by atoms with Gasteiger partial charge in [0.25, 0.3) is 0 Å². The maximum atomic E-state index is 11.1. The van der Waals surface area contributed by atoms with Gasteiger partial charge in [-0.3, -0.25) is 0 Å². The van der Waals surface area contributed by atoms with Gasteiger partial charge in [0.05, 0.1) is 0 Å². The molecule has 27 heavy (non-hydrogen) atoms. The molecular formula is C25H47NO. The molecule has 2 nitrogen and oxygen atoms in total. The van der Waals surface area contributed by atoms with Crippen molar-refractivity contribution in [1.82, 2.24) is 4.90 Å². The van der Waals surface area contributed by atoms with Crippen LogP contribution in [0.3, 0.4) is 0 Å². The Bertz CT molecular complexity index is 492.